The summed E-state index contributed by atoms with van der Waals surface area (Å²) in [5.41, 5.74) is 7.36. The minimum atomic E-state index is -0.498. The Bertz CT molecular complexity index is 1440. The van der Waals surface area contributed by atoms with E-state index in [0.29, 0.717) is 48.4 Å². The standard InChI is InChI=1S/C27H25ClFN7O2/c1-17-25(33-20-7-5-18(6-8-20)19-3-2-4-22(37)13-19)23(28)14-21(32-17)15-31-35-27-30-16-24(29)26(34-27)36-9-11-38-12-10-36/h2-8,13-16,33,37H,9-12H2,1H3,(H,30,34,35)/b31-15+. The van der Waals surface area contributed by atoms with Gasteiger partial charge < -0.3 is 20.1 Å². The first-order valence-electron chi connectivity index (χ1n) is 11.9. The third kappa shape index (κ3) is 5.99. The van der Waals surface area contributed by atoms with E-state index >= 15 is 0 Å². The molecule has 0 spiro atoms. The third-order valence-electron chi connectivity index (χ3n) is 5.90. The molecule has 194 valence electrons. The number of hydrogen-bond acceptors (Lipinski definition) is 9. The lowest BCUT2D eigenvalue weighted by Crippen LogP contribution is -2.37. The molecule has 0 aliphatic carbocycles. The molecule has 0 radical (unpaired) electrons. The van der Waals surface area contributed by atoms with E-state index in [1.54, 1.807) is 24.3 Å². The molecule has 0 bridgehead atoms. The molecule has 3 heterocycles. The van der Waals surface area contributed by atoms with Crippen LogP contribution in [0.25, 0.3) is 11.1 Å². The van der Waals surface area contributed by atoms with Gasteiger partial charge in [-0.3, -0.25) is 0 Å². The fraction of sp³-hybridized carbons (Fsp3) is 0.185. The summed E-state index contributed by atoms with van der Waals surface area (Å²) in [6.45, 7) is 4.00. The largest absolute Gasteiger partial charge is 0.508 e. The predicted octanol–water partition coefficient (Wildman–Crippen LogP) is 5.37. The number of ether oxygens (including phenoxy) is 1. The molecule has 1 fully saturated rings. The number of anilines is 4. The van der Waals surface area contributed by atoms with E-state index in [1.165, 1.54) is 6.21 Å². The highest BCUT2D eigenvalue weighted by Crippen LogP contribution is 2.30. The van der Waals surface area contributed by atoms with Crippen LogP contribution in [0.5, 0.6) is 5.75 Å². The first kappa shape index (κ1) is 25.4. The van der Waals surface area contributed by atoms with Crippen LogP contribution in [-0.2, 0) is 4.74 Å². The maximum absolute atomic E-state index is 14.2. The molecule has 1 saturated heterocycles. The molecule has 1 aliphatic heterocycles. The second-order valence-electron chi connectivity index (χ2n) is 8.58. The van der Waals surface area contributed by atoms with E-state index in [2.05, 4.69) is 30.8 Å². The van der Waals surface area contributed by atoms with Crippen molar-refractivity contribution in [1.29, 1.82) is 0 Å². The minimum absolute atomic E-state index is 0.166. The van der Waals surface area contributed by atoms with Crippen LogP contribution in [0.15, 0.2) is 65.9 Å². The van der Waals surface area contributed by atoms with Crippen LogP contribution < -0.4 is 15.6 Å². The van der Waals surface area contributed by atoms with Crippen molar-refractivity contribution in [3.05, 3.63) is 83.0 Å². The zero-order valence-corrected chi connectivity index (χ0v) is 21.3. The van der Waals surface area contributed by atoms with Crippen LogP contribution in [0.3, 0.4) is 0 Å². The Kier molecular flexibility index (Phi) is 7.62. The molecule has 0 unspecified atom stereocenters. The van der Waals surface area contributed by atoms with Gasteiger partial charge in [0.1, 0.15) is 5.75 Å². The summed E-state index contributed by atoms with van der Waals surface area (Å²) in [5.74, 6) is 0.102. The number of aromatic nitrogens is 3. The van der Waals surface area contributed by atoms with Crippen molar-refractivity contribution < 1.29 is 14.2 Å². The molecule has 5 rings (SSSR count). The topological polar surface area (TPSA) is 108 Å². The number of morpholine rings is 1. The van der Waals surface area contributed by atoms with E-state index in [1.807, 2.05) is 42.2 Å². The van der Waals surface area contributed by atoms with Crippen molar-refractivity contribution in [2.75, 3.05) is 41.9 Å². The van der Waals surface area contributed by atoms with Gasteiger partial charge >= 0.3 is 0 Å². The molecule has 9 nitrogen and oxygen atoms in total. The summed E-state index contributed by atoms with van der Waals surface area (Å²) in [6.07, 6.45) is 2.61. The van der Waals surface area contributed by atoms with E-state index in [4.69, 9.17) is 16.3 Å². The lowest BCUT2D eigenvalue weighted by Gasteiger charge is -2.27. The normalized spacial score (nSPS) is 13.6. The van der Waals surface area contributed by atoms with E-state index < -0.39 is 5.82 Å². The van der Waals surface area contributed by atoms with Crippen molar-refractivity contribution in [3.63, 3.8) is 0 Å². The Labute approximate surface area is 224 Å². The molecule has 2 aromatic carbocycles. The van der Waals surface area contributed by atoms with Crippen LogP contribution in [0, 0.1) is 12.7 Å². The number of nitrogens with one attached hydrogen (secondary N) is 2. The lowest BCUT2D eigenvalue weighted by atomic mass is 10.1. The number of halogens is 2. The van der Waals surface area contributed by atoms with Gasteiger partial charge in [0, 0.05) is 18.8 Å². The lowest BCUT2D eigenvalue weighted by molar-refractivity contribution is 0.122. The number of aromatic hydroxyl groups is 1. The maximum Gasteiger partial charge on any atom is 0.245 e. The molecule has 2 aromatic heterocycles. The van der Waals surface area contributed by atoms with Crippen molar-refractivity contribution >= 4 is 41.0 Å². The highest BCUT2D eigenvalue weighted by Gasteiger charge is 2.17. The molecule has 0 saturated carbocycles. The van der Waals surface area contributed by atoms with Gasteiger partial charge in [-0.25, -0.2) is 19.8 Å². The van der Waals surface area contributed by atoms with E-state index in [9.17, 15) is 9.50 Å². The maximum atomic E-state index is 14.2. The SMILES string of the molecule is Cc1nc(/C=N/Nc2ncc(F)c(N3CCOCC3)n2)cc(Cl)c1Nc1ccc(-c2cccc(O)c2)cc1. The van der Waals surface area contributed by atoms with E-state index in [-0.39, 0.29) is 17.5 Å². The number of pyridine rings is 1. The Balaban J connectivity index is 1.25. The molecule has 0 amide bonds. The number of rotatable bonds is 7. The Morgan fingerprint density at radius 3 is 2.61 bits per heavy atom. The number of phenols is 1. The van der Waals surface area contributed by atoms with Gasteiger partial charge in [-0.2, -0.15) is 10.1 Å². The highest BCUT2D eigenvalue weighted by molar-refractivity contribution is 6.33. The minimum Gasteiger partial charge on any atom is -0.508 e. The zero-order chi connectivity index (χ0) is 26.5. The van der Waals surface area contributed by atoms with Gasteiger partial charge in [0.2, 0.25) is 5.95 Å². The molecular formula is C27H25ClFN7O2. The first-order chi connectivity index (χ1) is 18.5. The van der Waals surface area contributed by atoms with Gasteiger partial charge in [0.25, 0.3) is 0 Å². The Morgan fingerprint density at radius 1 is 1.08 bits per heavy atom. The number of phenolic OH excluding ortho intramolecular Hbond substituents is 1. The zero-order valence-electron chi connectivity index (χ0n) is 20.5. The number of hydrazone groups is 1. The van der Waals surface area contributed by atoms with Gasteiger partial charge in [-0.15, -0.1) is 0 Å². The smallest absolute Gasteiger partial charge is 0.245 e. The number of benzene rings is 2. The summed E-state index contributed by atoms with van der Waals surface area (Å²) in [4.78, 5) is 14.6. The average Bonchev–Trinajstić information content (AvgIpc) is 2.92. The molecule has 3 N–H and O–H groups in total. The van der Waals surface area contributed by atoms with Crippen molar-refractivity contribution in [2.24, 2.45) is 5.10 Å². The van der Waals surface area contributed by atoms with Crippen LogP contribution in [0.2, 0.25) is 5.02 Å². The predicted molar refractivity (Wildman–Crippen MR) is 147 cm³/mol. The van der Waals surface area contributed by atoms with Crippen molar-refractivity contribution in [1.82, 2.24) is 15.0 Å². The Hall–Kier alpha value is -4.28. The first-order valence-corrected chi connectivity index (χ1v) is 12.3. The van der Waals surface area contributed by atoms with Gasteiger partial charge in [-0.1, -0.05) is 35.9 Å². The number of hydrogen-bond donors (Lipinski definition) is 3. The number of nitrogens with zero attached hydrogens (tertiary/aromatic N) is 5. The molecule has 38 heavy (non-hydrogen) atoms. The van der Waals surface area contributed by atoms with Crippen LogP contribution in [0.1, 0.15) is 11.4 Å². The molecule has 0 atom stereocenters. The fourth-order valence-electron chi connectivity index (χ4n) is 4.01. The average molecular weight is 534 g/mol. The van der Waals surface area contributed by atoms with Gasteiger partial charge in [0.05, 0.1) is 47.7 Å². The quantitative estimate of drug-likeness (QED) is 0.215. The summed E-state index contributed by atoms with van der Waals surface area (Å²) < 4.78 is 19.5. The molecule has 1 aliphatic rings. The summed E-state index contributed by atoms with van der Waals surface area (Å²) >= 11 is 6.55. The monoisotopic (exact) mass is 533 g/mol. The van der Waals surface area contributed by atoms with Crippen LogP contribution in [0.4, 0.5) is 27.5 Å². The van der Waals surface area contributed by atoms with Gasteiger partial charge in [0.15, 0.2) is 11.6 Å². The van der Waals surface area contributed by atoms with Crippen molar-refractivity contribution in [2.45, 2.75) is 6.92 Å². The summed E-state index contributed by atoms with van der Waals surface area (Å²) in [6, 6.07) is 16.6. The fourth-order valence-corrected chi connectivity index (χ4v) is 4.31. The van der Waals surface area contributed by atoms with Gasteiger partial charge in [-0.05, 0) is 48.4 Å². The number of aryl methyl sites for hydroxylation is 1. The molecular weight excluding hydrogens is 509 g/mol. The molecule has 11 heteroatoms. The second kappa shape index (κ2) is 11.4. The van der Waals surface area contributed by atoms with Crippen molar-refractivity contribution in [3.8, 4) is 16.9 Å². The summed E-state index contributed by atoms with van der Waals surface area (Å²) in [7, 11) is 0. The summed E-state index contributed by atoms with van der Waals surface area (Å²) in [5, 5.41) is 17.6. The molecule has 4 aromatic rings. The van der Waals surface area contributed by atoms with E-state index in [0.717, 1.165) is 23.0 Å². The third-order valence-corrected chi connectivity index (χ3v) is 6.20. The van der Waals surface area contributed by atoms with Crippen LogP contribution in [-0.4, -0.2) is 52.6 Å². The Morgan fingerprint density at radius 2 is 1.87 bits per heavy atom. The highest BCUT2D eigenvalue weighted by atomic mass is 35.5. The second-order valence-corrected chi connectivity index (χ2v) is 8.98. The van der Waals surface area contributed by atoms with Crippen LogP contribution >= 0.6 is 11.6 Å².